The first-order chi connectivity index (χ1) is 12.1. The summed E-state index contributed by atoms with van der Waals surface area (Å²) in [4.78, 5) is 16.0. The topological polar surface area (TPSA) is 74.8 Å². The summed E-state index contributed by atoms with van der Waals surface area (Å²) >= 11 is 0. The number of nitrogens with zero attached hydrogens (tertiary/aromatic N) is 1. The average molecular weight is 350 g/mol. The van der Waals surface area contributed by atoms with E-state index in [1.807, 2.05) is 13.8 Å². The largest absolute Gasteiger partial charge is 0.489 e. The van der Waals surface area contributed by atoms with Crippen molar-refractivity contribution < 1.29 is 13.9 Å². The van der Waals surface area contributed by atoms with E-state index in [0.717, 1.165) is 19.4 Å². The number of halogens is 1. The van der Waals surface area contributed by atoms with E-state index >= 15 is 0 Å². The third-order valence-corrected chi connectivity index (χ3v) is 3.65. The zero-order valence-electron chi connectivity index (χ0n) is 14.8. The number of guanidine groups is 1. The summed E-state index contributed by atoms with van der Waals surface area (Å²) in [5.74, 6) is 1.20. The number of benzene rings is 1. The molecule has 0 radical (unpaired) electrons. The molecular formula is C18H27FN4O2. The van der Waals surface area contributed by atoms with Gasteiger partial charge in [0.2, 0.25) is 5.91 Å². The fourth-order valence-corrected chi connectivity index (χ4v) is 2.23. The smallest absolute Gasteiger partial charge is 0.223 e. The molecule has 1 fully saturated rings. The van der Waals surface area contributed by atoms with Crippen molar-refractivity contribution in [1.82, 2.24) is 16.0 Å². The summed E-state index contributed by atoms with van der Waals surface area (Å²) < 4.78 is 18.8. The molecule has 0 heterocycles. The highest BCUT2D eigenvalue weighted by Gasteiger charge is 2.28. The number of hydrogen-bond donors (Lipinski definition) is 3. The number of carbonyl (C=O) groups excluding carboxylic acids is 1. The summed E-state index contributed by atoms with van der Waals surface area (Å²) in [7, 11) is 0. The highest BCUT2D eigenvalue weighted by Crippen LogP contribution is 2.28. The molecule has 0 bridgehead atoms. The second-order valence-electron chi connectivity index (χ2n) is 6.10. The molecule has 1 atom stereocenters. The average Bonchev–Trinajstić information content (AvgIpc) is 3.41. The first kappa shape index (κ1) is 19.0. The van der Waals surface area contributed by atoms with Crippen LogP contribution in [0.1, 0.15) is 26.7 Å². The standard InChI is InChI=1S/C18H27FN4O2/c1-3-20-18(22-10-9-21-17(24)14-7-8-14)23-12-13(2)25-16-6-4-5-15(19)11-16/h4-6,11,13-14H,3,7-10,12H2,1-2H3,(H,21,24)(H2,20,22,23). The molecule has 7 heteroatoms. The minimum atomic E-state index is -0.323. The lowest BCUT2D eigenvalue weighted by Crippen LogP contribution is -2.42. The van der Waals surface area contributed by atoms with Crippen LogP contribution in [0.3, 0.4) is 0 Å². The molecule has 3 N–H and O–H groups in total. The number of rotatable bonds is 9. The lowest BCUT2D eigenvalue weighted by atomic mass is 10.3. The van der Waals surface area contributed by atoms with Crippen molar-refractivity contribution in [3.63, 3.8) is 0 Å². The summed E-state index contributed by atoms with van der Waals surface area (Å²) in [6, 6.07) is 6.06. The van der Waals surface area contributed by atoms with Gasteiger partial charge in [-0.05, 0) is 38.8 Å². The Morgan fingerprint density at radius 1 is 1.32 bits per heavy atom. The normalized spacial score (nSPS) is 15.4. The molecule has 1 saturated carbocycles. The molecule has 25 heavy (non-hydrogen) atoms. The van der Waals surface area contributed by atoms with Crippen LogP contribution in [0.25, 0.3) is 0 Å². The Hall–Kier alpha value is -2.31. The first-order valence-corrected chi connectivity index (χ1v) is 8.80. The minimum Gasteiger partial charge on any atom is -0.489 e. The van der Waals surface area contributed by atoms with E-state index in [1.54, 1.807) is 12.1 Å². The van der Waals surface area contributed by atoms with Gasteiger partial charge < -0.3 is 20.7 Å². The molecule has 1 aromatic rings. The maximum Gasteiger partial charge on any atom is 0.223 e. The van der Waals surface area contributed by atoms with Crippen molar-refractivity contribution in [3.05, 3.63) is 30.1 Å². The summed E-state index contributed by atoms with van der Waals surface area (Å²) in [5, 5.41) is 9.22. The van der Waals surface area contributed by atoms with Gasteiger partial charge in [-0.15, -0.1) is 0 Å². The molecule has 1 unspecified atom stereocenters. The molecule has 0 spiro atoms. The van der Waals surface area contributed by atoms with Crippen LogP contribution in [-0.2, 0) is 4.79 Å². The van der Waals surface area contributed by atoms with Gasteiger partial charge in [-0.2, -0.15) is 0 Å². The molecule has 0 saturated heterocycles. The van der Waals surface area contributed by atoms with Gasteiger partial charge >= 0.3 is 0 Å². The van der Waals surface area contributed by atoms with Gasteiger partial charge in [-0.3, -0.25) is 4.79 Å². The van der Waals surface area contributed by atoms with Crippen LogP contribution in [0, 0.1) is 11.7 Å². The Kier molecular flexibility index (Phi) is 7.50. The summed E-state index contributed by atoms with van der Waals surface area (Å²) in [6.45, 7) is 6.20. The molecule has 1 aromatic carbocycles. The third kappa shape index (κ3) is 7.41. The Morgan fingerprint density at radius 3 is 2.76 bits per heavy atom. The van der Waals surface area contributed by atoms with Crippen LogP contribution in [0.15, 0.2) is 29.3 Å². The fraction of sp³-hybridized carbons (Fsp3) is 0.556. The van der Waals surface area contributed by atoms with Crippen LogP contribution in [0.5, 0.6) is 5.75 Å². The van der Waals surface area contributed by atoms with Gasteiger partial charge in [-0.25, -0.2) is 9.38 Å². The molecule has 1 amide bonds. The van der Waals surface area contributed by atoms with Crippen LogP contribution >= 0.6 is 0 Å². The van der Waals surface area contributed by atoms with E-state index in [9.17, 15) is 9.18 Å². The molecule has 138 valence electrons. The zero-order valence-corrected chi connectivity index (χ0v) is 14.8. The van der Waals surface area contributed by atoms with Gasteiger partial charge in [0.25, 0.3) is 0 Å². The van der Waals surface area contributed by atoms with E-state index in [4.69, 9.17) is 4.74 Å². The predicted molar refractivity (Wildman–Crippen MR) is 96.2 cm³/mol. The first-order valence-electron chi connectivity index (χ1n) is 8.80. The number of nitrogens with one attached hydrogen (secondary N) is 3. The highest BCUT2D eigenvalue weighted by molar-refractivity contribution is 5.81. The predicted octanol–water partition coefficient (Wildman–Crippen LogP) is 1.67. The fourth-order valence-electron chi connectivity index (χ4n) is 2.23. The quantitative estimate of drug-likeness (QED) is 0.360. The van der Waals surface area contributed by atoms with Crippen molar-refractivity contribution in [2.24, 2.45) is 10.9 Å². The molecule has 0 aromatic heterocycles. The number of carbonyl (C=O) groups is 1. The van der Waals surface area contributed by atoms with Crippen LogP contribution in [0.4, 0.5) is 4.39 Å². The lowest BCUT2D eigenvalue weighted by molar-refractivity contribution is -0.122. The lowest BCUT2D eigenvalue weighted by Gasteiger charge is -2.15. The van der Waals surface area contributed by atoms with Gasteiger partial charge in [0.1, 0.15) is 17.7 Å². The maximum atomic E-state index is 13.2. The van der Waals surface area contributed by atoms with E-state index < -0.39 is 0 Å². The number of amides is 1. The van der Waals surface area contributed by atoms with E-state index in [2.05, 4.69) is 20.9 Å². The van der Waals surface area contributed by atoms with Crippen molar-refractivity contribution in [2.45, 2.75) is 32.8 Å². The number of aliphatic imine (C=N–C) groups is 1. The van der Waals surface area contributed by atoms with Gasteiger partial charge in [-0.1, -0.05) is 6.07 Å². The highest BCUT2D eigenvalue weighted by atomic mass is 19.1. The van der Waals surface area contributed by atoms with E-state index in [0.29, 0.717) is 31.3 Å². The maximum absolute atomic E-state index is 13.2. The van der Waals surface area contributed by atoms with E-state index in [1.165, 1.54) is 12.1 Å². The minimum absolute atomic E-state index is 0.140. The van der Waals surface area contributed by atoms with Crippen molar-refractivity contribution >= 4 is 11.9 Å². The second-order valence-corrected chi connectivity index (χ2v) is 6.10. The molecular weight excluding hydrogens is 323 g/mol. The van der Waals surface area contributed by atoms with Crippen molar-refractivity contribution in [2.75, 3.05) is 26.2 Å². The van der Waals surface area contributed by atoms with Crippen molar-refractivity contribution in [3.8, 4) is 5.75 Å². The Balaban J connectivity index is 1.72. The zero-order chi connectivity index (χ0) is 18.1. The molecule has 2 rings (SSSR count). The number of ether oxygens (including phenoxy) is 1. The molecule has 6 nitrogen and oxygen atoms in total. The van der Waals surface area contributed by atoms with Crippen LogP contribution in [-0.4, -0.2) is 44.1 Å². The Labute approximate surface area is 148 Å². The van der Waals surface area contributed by atoms with Crippen LogP contribution in [0.2, 0.25) is 0 Å². The van der Waals surface area contributed by atoms with Gasteiger partial charge in [0, 0.05) is 31.6 Å². The second kappa shape index (κ2) is 9.86. The SMILES string of the molecule is CCNC(=NCC(C)Oc1cccc(F)c1)NCCNC(=O)C1CC1. The number of hydrogen-bond acceptors (Lipinski definition) is 3. The Morgan fingerprint density at radius 2 is 2.08 bits per heavy atom. The monoisotopic (exact) mass is 350 g/mol. The molecule has 1 aliphatic rings. The third-order valence-electron chi connectivity index (χ3n) is 3.65. The molecule has 1 aliphatic carbocycles. The van der Waals surface area contributed by atoms with Crippen molar-refractivity contribution in [1.29, 1.82) is 0 Å². The van der Waals surface area contributed by atoms with Gasteiger partial charge in [0.15, 0.2) is 5.96 Å². The molecule has 0 aliphatic heterocycles. The Bertz CT molecular complexity index is 590. The van der Waals surface area contributed by atoms with Crippen LogP contribution < -0.4 is 20.7 Å². The van der Waals surface area contributed by atoms with E-state index in [-0.39, 0.29) is 23.7 Å². The summed E-state index contributed by atoms with van der Waals surface area (Å²) in [5.41, 5.74) is 0. The van der Waals surface area contributed by atoms with Gasteiger partial charge in [0.05, 0.1) is 6.54 Å². The summed E-state index contributed by atoms with van der Waals surface area (Å²) in [6.07, 6.45) is 1.82.